The minimum Gasteiger partial charge on any atom is -0.394 e. The van der Waals surface area contributed by atoms with Gasteiger partial charge in [0.1, 0.15) is 0 Å². The second-order valence-electron chi connectivity index (χ2n) is 6.58. The van der Waals surface area contributed by atoms with E-state index in [1.54, 1.807) is 13.8 Å². The van der Waals surface area contributed by atoms with Crippen LogP contribution in [0.5, 0.6) is 0 Å². The van der Waals surface area contributed by atoms with Crippen LogP contribution in [0.1, 0.15) is 38.7 Å². The Morgan fingerprint density at radius 1 is 1.23 bits per heavy atom. The molecular formula is C17H24N2O3. The molecule has 1 saturated carbocycles. The number of carbonyl (C=O) groups excluding carboxylic acids is 2. The Balaban J connectivity index is 1.86. The molecule has 2 rings (SSSR count). The van der Waals surface area contributed by atoms with Crippen LogP contribution in [-0.4, -0.2) is 29.1 Å². The van der Waals surface area contributed by atoms with Gasteiger partial charge < -0.3 is 15.7 Å². The van der Waals surface area contributed by atoms with Crippen molar-refractivity contribution in [1.29, 1.82) is 0 Å². The Bertz CT molecular complexity index is 533. The van der Waals surface area contributed by atoms with E-state index >= 15 is 0 Å². The van der Waals surface area contributed by atoms with Gasteiger partial charge in [0.05, 0.1) is 18.6 Å². The molecular weight excluding hydrogens is 280 g/mol. The fourth-order valence-corrected chi connectivity index (χ4v) is 2.27. The molecule has 5 heteroatoms. The van der Waals surface area contributed by atoms with Gasteiger partial charge in [0, 0.05) is 11.6 Å². The molecule has 0 atom stereocenters. The zero-order valence-corrected chi connectivity index (χ0v) is 13.2. The van der Waals surface area contributed by atoms with Gasteiger partial charge in [-0.3, -0.25) is 9.59 Å². The molecule has 2 amide bonds. The molecule has 0 unspecified atom stereocenters. The van der Waals surface area contributed by atoms with E-state index in [2.05, 4.69) is 10.6 Å². The predicted octanol–water partition coefficient (Wildman–Crippen LogP) is 1.85. The number of nitrogens with one attached hydrogen (secondary N) is 2. The van der Waals surface area contributed by atoms with Gasteiger partial charge in [0.2, 0.25) is 11.8 Å². The van der Waals surface area contributed by atoms with E-state index in [4.69, 9.17) is 5.11 Å². The lowest BCUT2D eigenvalue weighted by molar-refractivity contribution is -0.123. The lowest BCUT2D eigenvalue weighted by Gasteiger charge is -2.24. The molecule has 0 heterocycles. The highest BCUT2D eigenvalue weighted by Gasteiger charge is 2.25. The van der Waals surface area contributed by atoms with Gasteiger partial charge in [-0.15, -0.1) is 0 Å². The lowest BCUT2D eigenvalue weighted by atomic mass is 9.85. The Morgan fingerprint density at radius 3 is 2.36 bits per heavy atom. The zero-order valence-electron chi connectivity index (χ0n) is 13.2. The summed E-state index contributed by atoms with van der Waals surface area (Å²) in [5.74, 6) is 0.109. The Hall–Kier alpha value is -1.88. The van der Waals surface area contributed by atoms with Crippen molar-refractivity contribution in [3.63, 3.8) is 0 Å². The van der Waals surface area contributed by atoms with Crippen molar-refractivity contribution in [2.75, 3.05) is 11.9 Å². The van der Waals surface area contributed by atoms with Gasteiger partial charge in [-0.1, -0.05) is 18.6 Å². The fourth-order valence-electron chi connectivity index (χ4n) is 2.27. The second-order valence-corrected chi connectivity index (χ2v) is 6.58. The molecule has 0 radical (unpaired) electrons. The first-order valence-corrected chi connectivity index (χ1v) is 7.71. The topological polar surface area (TPSA) is 78.4 Å². The summed E-state index contributed by atoms with van der Waals surface area (Å²) in [7, 11) is 0. The van der Waals surface area contributed by atoms with Crippen LogP contribution in [-0.2, 0) is 16.0 Å². The van der Waals surface area contributed by atoms with Gasteiger partial charge in [0.25, 0.3) is 0 Å². The number of anilines is 1. The average Bonchev–Trinajstić information content (AvgIpc) is 2.38. The molecule has 0 aliphatic heterocycles. The number of aliphatic hydroxyl groups is 1. The molecule has 0 saturated heterocycles. The molecule has 0 spiro atoms. The molecule has 0 bridgehead atoms. The maximum atomic E-state index is 11.9. The van der Waals surface area contributed by atoms with Crippen LogP contribution < -0.4 is 10.6 Å². The highest BCUT2D eigenvalue weighted by Crippen LogP contribution is 2.27. The number of rotatable bonds is 6. The third-order valence-electron chi connectivity index (χ3n) is 3.94. The molecule has 5 nitrogen and oxygen atoms in total. The third-order valence-corrected chi connectivity index (χ3v) is 3.94. The largest absolute Gasteiger partial charge is 0.394 e. The molecule has 120 valence electrons. The highest BCUT2D eigenvalue weighted by molar-refractivity contribution is 5.93. The summed E-state index contributed by atoms with van der Waals surface area (Å²) in [5, 5.41) is 14.8. The van der Waals surface area contributed by atoms with Gasteiger partial charge in [-0.25, -0.2) is 0 Å². The van der Waals surface area contributed by atoms with Crippen molar-refractivity contribution >= 4 is 17.5 Å². The number of hydrogen-bond acceptors (Lipinski definition) is 3. The molecule has 1 aliphatic carbocycles. The number of hydrogen-bond donors (Lipinski definition) is 3. The fraction of sp³-hybridized carbons (Fsp3) is 0.529. The van der Waals surface area contributed by atoms with Crippen LogP contribution in [0.3, 0.4) is 0 Å². The van der Waals surface area contributed by atoms with Crippen LogP contribution >= 0.6 is 0 Å². The van der Waals surface area contributed by atoms with E-state index in [0.717, 1.165) is 30.5 Å². The van der Waals surface area contributed by atoms with E-state index in [1.165, 1.54) is 0 Å². The minimum absolute atomic E-state index is 0.0847. The van der Waals surface area contributed by atoms with Crippen LogP contribution in [0.15, 0.2) is 24.3 Å². The smallest absolute Gasteiger partial charge is 0.227 e. The SMILES string of the molecule is CC(C)(CO)NC(=O)Cc1ccc(NC(=O)C2CCC2)cc1. The minimum atomic E-state index is -0.617. The van der Waals surface area contributed by atoms with Crippen molar-refractivity contribution in [3.05, 3.63) is 29.8 Å². The molecule has 0 aromatic heterocycles. The molecule has 1 fully saturated rings. The summed E-state index contributed by atoms with van der Waals surface area (Å²) < 4.78 is 0. The Labute approximate surface area is 131 Å². The van der Waals surface area contributed by atoms with E-state index in [-0.39, 0.29) is 30.8 Å². The summed E-state index contributed by atoms with van der Waals surface area (Å²) in [5.41, 5.74) is 1.01. The molecule has 3 N–H and O–H groups in total. The quantitative estimate of drug-likeness (QED) is 0.750. The van der Waals surface area contributed by atoms with Crippen LogP contribution in [0.25, 0.3) is 0 Å². The van der Waals surface area contributed by atoms with Crippen molar-refractivity contribution < 1.29 is 14.7 Å². The van der Waals surface area contributed by atoms with Crippen molar-refractivity contribution in [3.8, 4) is 0 Å². The monoisotopic (exact) mass is 304 g/mol. The van der Waals surface area contributed by atoms with Gasteiger partial charge in [-0.2, -0.15) is 0 Å². The zero-order chi connectivity index (χ0) is 16.2. The van der Waals surface area contributed by atoms with Gasteiger partial charge in [0.15, 0.2) is 0 Å². The van der Waals surface area contributed by atoms with E-state index in [0.29, 0.717) is 0 Å². The second kappa shape index (κ2) is 6.92. The van der Waals surface area contributed by atoms with Crippen LogP contribution in [0, 0.1) is 5.92 Å². The molecule has 1 aliphatic rings. The third kappa shape index (κ3) is 4.56. The highest BCUT2D eigenvalue weighted by atomic mass is 16.3. The summed E-state index contributed by atoms with van der Waals surface area (Å²) in [4.78, 5) is 23.7. The van der Waals surface area contributed by atoms with Crippen LogP contribution in [0.4, 0.5) is 5.69 Å². The summed E-state index contributed by atoms with van der Waals surface area (Å²) in [6.07, 6.45) is 3.34. The lowest BCUT2D eigenvalue weighted by Crippen LogP contribution is -2.46. The standard InChI is InChI=1S/C17H24N2O3/c1-17(2,11-20)19-15(21)10-12-6-8-14(9-7-12)18-16(22)13-4-3-5-13/h6-9,13,20H,3-5,10-11H2,1-2H3,(H,18,22)(H,19,21). The number of benzene rings is 1. The average molecular weight is 304 g/mol. The normalized spacial score (nSPS) is 15.0. The first kappa shape index (κ1) is 16.5. The van der Waals surface area contributed by atoms with Gasteiger partial charge >= 0.3 is 0 Å². The molecule has 22 heavy (non-hydrogen) atoms. The Kier molecular flexibility index (Phi) is 5.19. The van der Waals surface area contributed by atoms with E-state index in [1.807, 2.05) is 24.3 Å². The number of carbonyl (C=O) groups is 2. The van der Waals surface area contributed by atoms with Crippen molar-refractivity contribution in [1.82, 2.24) is 5.32 Å². The summed E-state index contributed by atoms with van der Waals surface area (Å²) in [6, 6.07) is 7.30. The van der Waals surface area contributed by atoms with E-state index in [9.17, 15) is 9.59 Å². The van der Waals surface area contributed by atoms with Crippen molar-refractivity contribution in [2.24, 2.45) is 5.92 Å². The van der Waals surface area contributed by atoms with E-state index < -0.39 is 5.54 Å². The Morgan fingerprint density at radius 2 is 1.86 bits per heavy atom. The first-order valence-electron chi connectivity index (χ1n) is 7.71. The van der Waals surface area contributed by atoms with Crippen LogP contribution in [0.2, 0.25) is 0 Å². The maximum absolute atomic E-state index is 11.9. The summed E-state index contributed by atoms with van der Waals surface area (Å²) >= 11 is 0. The number of aliphatic hydroxyl groups excluding tert-OH is 1. The molecule has 1 aromatic carbocycles. The number of amides is 2. The summed E-state index contributed by atoms with van der Waals surface area (Å²) in [6.45, 7) is 3.43. The molecule has 1 aromatic rings. The maximum Gasteiger partial charge on any atom is 0.227 e. The van der Waals surface area contributed by atoms with Crippen molar-refractivity contribution in [2.45, 2.75) is 45.1 Å². The first-order chi connectivity index (χ1) is 10.4. The predicted molar refractivity (Wildman–Crippen MR) is 85.4 cm³/mol. The van der Waals surface area contributed by atoms with Gasteiger partial charge in [-0.05, 0) is 44.4 Å².